The van der Waals surface area contributed by atoms with Gasteiger partial charge in [-0.3, -0.25) is 4.79 Å². The Labute approximate surface area is 193 Å². The van der Waals surface area contributed by atoms with Gasteiger partial charge in [0.25, 0.3) is 0 Å². The molecule has 0 aliphatic heterocycles. The summed E-state index contributed by atoms with van der Waals surface area (Å²) < 4.78 is 13.2. The number of carbonyl (C=O) groups excluding carboxylic acids is 1. The summed E-state index contributed by atoms with van der Waals surface area (Å²) in [5, 5.41) is 8.11. The Bertz CT molecular complexity index is 1110. The third kappa shape index (κ3) is 5.30. The van der Waals surface area contributed by atoms with Crippen LogP contribution in [0, 0.1) is 5.82 Å². The standard InChI is InChI=1S/C25H28ClFN4O/c1-31(2)23-15-24(30-22-6-4-3-5-20(22)23)28-18-9-11-19(12-10-18)29-25(32)13-16-7-8-17(27)14-21(16)26/h3-8,14-15,18-19H,9-13H2,1-2H3,(H,28,30)(H,29,32). The second kappa shape index (κ2) is 9.74. The van der Waals surface area contributed by atoms with Crippen LogP contribution in [0.1, 0.15) is 31.2 Å². The SMILES string of the molecule is CN(C)c1cc(NC2CCC(NC(=O)Cc3ccc(F)cc3Cl)CC2)nc2ccccc12. The van der Waals surface area contributed by atoms with Crippen LogP contribution < -0.4 is 15.5 Å². The third-order valence-electron chi connectivity index (χ3n) is 5.99. The summed E-state index contributed by atoms with van der Waals surface area (Å²) in [6.07, 6.45) is 3.86. The van der Waals surface area contributed by atoms with Crippen molar-refractivity contribution < 1.29 is 9.18 Å². The lowest BCUT2D eigenvalue weighted by atomic mass is 9.91. The number of rotatable bonds is 6. The molecule has 0 spiro atoms. The molecule has 0 radical (unpaired) electrons. The first-order valence-electron chi connectivity index (χ1n) is 11.0. The zero-order chi connectivity index (χ0) is 22.7. The van der Waals surface area contributed by atoms with Crippen LogP contribution >= 0.6 is 11.6 Å². The molecule has 0 atom stereocenters. The molecule has 1 aliphatic rings. The van der Waals surface area contributed by atoms with Crippen molar-refractivity contribution in [1.29, 1.82) is 0 Å². The van der Waals surface area contributed by atoms with Gasteiger partial charge in [0.05, 0.1) is 11.9 Å². The van der Waals surface area contributed by atoms with Crippen molar-refractivity contribution in [3.05, 3.63) is 64.9 Å². The van der Waals surface area contributed by atoms with Crippen LogP contribution in [0.5, 0.6) is 0 Å². The minimum atomic E-state index is -0.399. The number of nitrogens with one attached hydrogen (secondary N) is 2. The largest absolute Gasteiger partial charge is 0.377 e. The van der Waals surface area contributed by atoms with E-state index in [0.717, 1.165) is 48.1 Å². The molecule has 3 aromatic rings. The molecule has 1 saturated carbocycles. The molecular weight excluding hydrogens is 427 g/mol. The number of hydrogen-bond acceptors (Lipinski definition) is 4. The fourth-order valence-electron chi connectivity index (χ4n) is 4.31. The smallest absolute Gasteiger partial charge is 0.224 e. The lowest BCUT2D eigenvalue weighted by Gasteiger charge is -2.30. The Kier molecular flexibility index (Phi) is 6.80. The first-order chi connectivity index (χ1) is 15.4. The quantitative estimate of drug-likeness (QED) is 0.539. The summed E-state index contributed by atoms with van der Waals surface area (Å²) in [6, 6.07) is 14.9. The molecule has 0 unspecified atom stereocenters. The molecule has 1 fully saturated rings. The molecule has 1 aromatic heterocycles. The van der Waals surface area contributed by atoms with Gasteiger partial charge in [-0.05, 0) is 49.4 Å². The number of halogens is 2. The highest BCUT2D eigenvalue weighted by Crippen LogP contribution is 2.29. The zero-order valence-corrected chi connectivity index (χ0v) is 19.1. The van der Waals surface area contributed by atoms with E-state index in [-0.39, 0.29) is 23.4 Å². The number of anilines is 2. The molecule has 32 heavy (non-hydrogen) atoms. The van der Waals surface area contributed by atoms with Crippen LogP contribution in [0.15, 0.2) is 48.5 Å². The van der Waals surface area contributed by atoms with Crippen LogP contribution in [-0.2, 0) is 11.2 Å². The van der Waals surface area contributed by atoms with Gasteiger partial charge in [0.2, 0.25) is 5.91 Å². The van der Waals surface area contributed by atoms with E-state index in [1.165, 1.54) is 12.1 Å². The first kappa shape index (κ1) is 22.3. The van der Waals surface area contributed by atoms with Crippen molar-refractivity contribution in [1.82, 2.24) is 10.3 Å². The highest BCUT2D eigenvalue weighted by molar-refractivity contribution is 6.31. The number of fused-ring (bicyclic) bond motifs is 1. The lowest BCUT2D eigenvalue weighted by molar-refractivity contribution is -0.121. The van der Waals surface area contributed by atoms with Gasteiger partial charge in [0.15, 0.2) is 0 Å². The fourth-order valence-corrected chi connectivity index (χ4v) is 4.54. The van der Waals surface area contributed by atoms with Crippen molar-refractivity contribution in [2.45, 2.75) is 44.2 Å². The number of hydrogen-bond donors (Lipinski definition) is 2. The highest BCUT2D eigenvalue weighted by atomic mass is 35.5. The summed E-state index contributed by atoms with van der Waals surface area (Å²) in [7, 11) is 4.08. The number of carbonyl (C=O) groups is 1. The Morgan fingerprint density at radius 2 is 1.81 bits per heavy atom. The summed E-state index contributed by atoms with van der Waals surface area (Å²) in [5.41, 5.74) is 2.75. The van der Waals surface area contributed by atoms with Gasteiger partial charge in [-0.2, -0.15) is 0 Å². The minimum Gasteiger partial charge on any atom is -0.377 e. The predicted molar refractivity (Wildman–Crippen MR) is 129 cm³/mol. The molecular formula is C25H28ClFN4O. The minimum absolute atomic E-state index is 0.0817. The zero-order valence-electron chi connectivity index (χ0n) is 18.4. The molecule has 1 amide bonds. The summed E-state index contributed by atoms with van der Waals surface area (Å²) in [6.45, 7) is 0. The summed E-state index contributed by atoms with van der Waals surface area (Å²) in [4.78, 5) is 19.3. The average molecular weight is 455 g/mol. The van der Waals surface area contributed by atoms with E-state index in [9.17, 15) is 9.18 Å². The molecule has 0 saturated heterocycles. The van der Waals surface area contributed by atoms with E-state index in [2.05, 4.69) is 27.7 Å². The Morgan fingerprint density at radius 1 is 1.09 bits per heavy atom. The number of nitrogens with zero attached hydrogens (tertiary/aromatic N) is 2. The molecule has 5 nitrogen and oxygen atoms in total. The van der Waals surface area contributed by atoms with Crippen molar-refractivity contribution in [2.75, 3.05) is 24.3 Å². The maximum absolute atomic E-state index is 13.2. The van der Waals surface area contributed by atoms with E-state index in [1.54, 1.807) is 6.07 Å². The number of pyridine rings is 1. The van der Waals surface area contributed by atoms with E-state index in [1.807, 2.05) is 32.3 Å². The Hall–Kier alpha value is -2.86. The summed E-state index contributed by atoms with van der Waals surface area (Å²) in [5.74, 6) is 0.399. The molecule has 2 aromatic carbocycles. The molecule has 4 rings (SSSR count). The average Bonchev–Trinajstić information content (AvgIpc) is 2.76. The Balaban J connectivity index is 1.32. The highest BCUT2D eigenvalue weighted by Gasteiger charge is 2.23. The van der Waals surface area contributed by atoms with Gasteiger partial charge >= 0.3 is 0 Å². The summed E-state index contributed by atoms with van der Waals surface area (Å²) >= 11 is 6.04. The van der Waals surface area contributed by atoms with Crippen LogP contribution in [0.2, 0.25) is 5.02 Å². The first-order valence-corrected chi connectivity index (χ1v) is 11.3. The monoisotopic (exact) mass is 454 g/mol. The van der Waals surface area contributed by atoms with E-state index in [4.69, 9.17) is 16.6 Å². The number of amides is 1. The normalized spacial score (nSPS) is 18.4. The van der Waals surface area contributed by atoms with Gasteiger partial charge in [0, 0.05) is 48.3 Å². The number of para-hydroxylation sites is 1. The molecule has 0 bridgehead atoms. The van der Waals surface area contributed by atoms with Gasteiger partial charge in [-0.25, -0.2) is 9.37 Å². The van der Waals surface area contributed by atoms with Crippen LogP contribution in [-0.4, -0.2) is 37.1 Å². The lowest BCUT2D eigenvalue weighted by Crippen LogP contribution is -2.40. The molecule has 1 heterocycles. The Morgan fingerprint density at radius 3 is 2.53 bits per heavy atom. The van der Waals surface area contributed by atoms with Gasteiger partial charge < -0.3 is 15.5 Å². The van der Waals surface area contributed by atoms with E-state index in [0.29, 0.717) is 11.6 Å². The second-order valence-corrected chi connectivity index (χ2v) is 9.02. The maximum Gasteiger partial charge on any atom is 0.224 e. The van der Waals surface area contributed by atoms with Gasteiger partial charge in [-0.1, -0.05) is 35.9 Å². The van der Waals surface area contributed by atoms with Crippen molar-refractivity contribution >= 4 is 39.9 Å². The van der Waals surface area contributed by atoms with Crippen molar-refractivity contribution in [3.8, 4) is 0 Å². The van der Waals surface area contributed by atoms with E-state index < -0.39 is 5.82 Å². The molecule has 1 aliphatic carbocycles. The fraction of sp³-hybridized carbons (Fsp3) is 0.360. The molecule has 7 heteroatoms. The predicted octanol–water partition coefficient (Wildman–Crippen LogP) is 5.18. The third-order valence-corrected chi connectivity index (χ3v) is 6.34. The number of aromatic nitrogens is 1. The topological polar surface area (TPSA) is 57.3 Å². The van der Waals surface area contributed by atoms with Crippen molar-refractivity contribution in [3.63, 3.8) is 0 Å². The van der Waals surface area contributed by atoms with Gasteiger partial charge in [-0.15, -0.1) is 0 Å². The van der Waals surface area contributed by atoms with Crippen LogP contribution in [0.25, 0.3) is 10.9 Å². The van der Waals surface area contributed by atoms with Crippen LogP contribution in [0.3, 0.4) is 0 Å². The maximum atomic E-state index is 13.2. The molecule has 2 N–H and O–H groups in total. The van der Waals surface area contributed by atoms with Crippen molar-refractivity contribution in [2.24, 2.45) is 0 Å². The van der Waals surface area contributed by atoms with Gasteiger partial charge in [0.1, 0.15) is 11.6 Å². The number of benzene rings is 2. The van der Waals surface area contributed by atoms with E-state index >= 15 is 0 Å². The second-order valence-electron chi connectivity index (χ2n) is 8.61. The molecule has 168 valence electrons. The van der Waals surface area contributed by atoms with Crippen LogP contribution in [0.4, 0.5) is 15.9 Å².